The van der Waals surface area contributed by atoms with E-state index in [1.165, 1.54) is 16.0 Å². The molecular weight excluding hydrogens is 262 g/mol. The number of carbonyl (C=O) groups excluding carboxylic acids is 2. The first kappa shape index (κ1) is 14.3. The van der Waals surface area contributed by atoms with Crippen LogP contribution in [0.3, 0.4) is 0 Å². The molecule has 1 aromatic rings. The zero-order valence-electron chi connectivity index (χ0n) is 12.5. The number of hydrogen-bond donors (Lipinski definition) is 0. The molecule has 3 nitrogen and oxygen atoms in total. The van der Waals surface area contributed by atoms with Crippen molar-refractivity contribution in [1.82, 2.24) is 4.90 Å². The predicted octanol–water partition coefficient (Wildman–Crippen LogP) is 3.11. The van der Waals surface area contributed by atoms with Gasteiger partial charge in [0.05, 0.1) is 0 Å². The Morgan fingerprint density at radius 2 is 1.81 bits per heavy atom. The third kappa shape index (κ3) is 3.34. The molecule has 21 heavy (non-hydrogen) atoms. The zero-order valence-corrected chi connectivity index (χ0v) is 12.5. The third-order valence-corrected chi connectivity index (χ3v) is 4.78. The van der Waals surface area contributed by atoms with Crippen molar-refractivity contribution < 1.29 is 9.59 Å². The maximum atomic E-state index is 12.3. The Hall–Kier alpha value is -1.64. The van der Waals surface area contributed by atoms with Gasteiger partial charge in [-0.25, -0.2) is 0 Å². The summed E-state index contributed by atoms with van der Waals surface area (Å²) in [5.74, 6) is 0.637. The quantitative estimate of drug-likeness (QED) is 0.855. The molecular formula is C18H23NO2. The van der Waals surface area contributed by atoms with Crippen molar-refractivity contribution in [1.29, 1.82) is 0 Å². The van der Waals surface area contributed by atoms with Crippen LogP contribution >= 0.6 is 0 Å². The second-order valence-electron chi connectivity index (χ2n) is 6.33. The van der Waals surface area contributed by atoms with E-state index in [2.05, 4.69) is 24.3 Å². The van der Waals surface area contributed by atoms with E-state index in [0.29, 0.717) is 25.3 Å². The van der Waals surface area contributed by atoms with Crippen LogP contribution in [-0.2, 0) is 22.4 Å². The topological polar surface area (TPSA) is 37.4 Å². The highest BCUT2D eigenvalue weighted by molar-refractivity contribution is 5.95. The summed E-state index contributed by atoms with van der Waals surface area (Å²) in [5, 5.41) is 0. The van der Waals surface area contributed by atoms with Crippen molar-refractivity contribution in [2.24, 2.45) is 5.92 Å². The lowest BCUT2D eigenvalue weighted by Crippen LogP contribution is -2.36. The van der Waals surface area contributed by atoms with Crippen LogP contribution in [-0.4, -0.2) is 23.3 Å². The highest BCUT2D eigenvalue weighted by atomic mass is 16.2. The molecule has 1 fully saturated rings. The second kappa shape index (κ2) is 6.42. The number of fused-ring (bicyclic) bond motifs is 1. The molecule has 0 spiro atoms. The summed E-state index contributed by atoms with van der Waals surface area (Å²) in [4.78, 5) is 25.7. The van der Waals surface area contributed by atoms with Gasteiger partial charge in [0.2, 0.25) is 11.8 Å². The molecule has 0 bridgehead atoms. The van der Waals surface area contributed by atoms with Gasteiger partial charge in [-0.05, 0) is 49.1 Å². The molecule has 0 unspecified atom stereocenters. The fraction of sp³-hybridized carbons (Fsp3) is 0.556. The molecule has 1 aliphatic heterocycles. The summed E-state index contributed by atoms with van der Waals surface area (Å²) in [5.41, 5.74) is 2.86. The van der Waals surface area contributed by atoms with E-state index in [1.807, 2.05) is 0 Å². The summed E-state index contributed by atoms with van der Waals surface area (Å²) < 4.78 is 0. The van der Waals surface area contributed by atoms with Gasteiger partial charge in [-0.3, -0.25) is 14.5 Å². The van der Waals surface area contributed by atoms with Crippen LogP contribution in [0, 0.1) is 5.92 Å². The van der Waals surface area contributed by atoms with E-state index in [-0.39, 0.29) is 11.8 Å². The number of benzene rings is 1. The number of hydrogen-bond acceptors (Lipinski definition) is 2. The Morgan fingerprint density at radius 3 is 2.52 bits per heavy atom. The molecule has 0 atom stereocenters. The lowest BCUT2D eigenvalue weighted by Gasteiger charge is -2.19. The third-order valence-electron chi connectivity index (χ3n) is 4.78. The summed E-state index contributed by atoms with van der Waals surface area (Å²) in [6.07, 6.45) is 7.08. The molecule has 2 amide bonds. The Balaban J connectivity index is 1.51. The smallest absolute Gasteiger partial charge is 0.229 e. The van der Waals surface area contributed by atoms with Crippen LogP contribution in [0.15, 0.2) is 24.3 Å². The summed E-state index contributed by atoms with van der Waals surface area (Å²) in [7, 11) is 0. The van der Waals surface area contributed by atoms with E-state index < -0.39 is 0 Å². The molecule has 3 rings (SSSR count). The Labute approximate surface area is 126 Å². The van der Waals surface area contributed by atoms with E-state index in [9.17, 15) is 9.59 Å². The number of nitrogens with zero attached hydrogens (tertiary/aromatic N) is 1. The zero-order chi connectivity index (χ0) is 14.7. The van der Waals surface area contributed by atoms with Gasteiger partial charge in [0.1, 0.15) is 0 Å². The average Bonchev–Trinajstić information content (AvgIpc) is 2.79. The van der Waals surface area contributed by atoms with Gasteiger partial charge in [0.25, 0.3) is 0 Å². The summed E-state index contributed by atoms with van der Waals surface area (Å²) in [6, 6.07) is 8.55. The minimum Gasteiger partial charge on any atom is -0.283 e. The summed E-state index contributed by atoms with van der Waals surface area (Å²) >= 11 is 0. The molecule has 1 aliphatic carbocycles. The van der Waals surface area contributed by atoms with E-state index in [0.717, 1.165) is 38.5 Å². The Bertz CT molecular complexity index is 513. The molecule has 0 saturated carbocycles. The largest absolute Gasteiger partial charge is 0.283 e. The molecule has 0 aromatic heterocycles. The van der Waals surface area contributed by atoms with Gasteiger partial charge in [-0.1, -0.05) is 30.7 Å². The van der Waals surface area contributed by atoms with Crippen LogP contribution in [0.2, 0.25) is 0 Å². The van der Waals surface area contributed by atoms with Crippen molar-refractivity contribution in [3.05, 3.63) is 35.4 Å². The van der Waals surface area contributed by atoms with Crippen molar-refractivity contribution in [2.75, 3.05) is 6.54 Å². The van der Waals surface area contributed by atoms with Crippen LogP contribution in [0.1, 0.15) is 49.7 Å². The van der Waals surface area contributed by atoms with Crippen molar-refractivity contribution in [2.45, 2.75) is 51.4 Å². The minimum absolute atomic E-state index is 0.0345. The summed E-state index contributed by atoms with van der Waals surface area (Å²) in [6.45, 7) is 0.628. The van der Waals surface area contributed by atoms with E-state index in [4.69, 9.17) is 0 Å². The van der Waals surface area contributed by atoms with Gasteiger partial charge < -0.3 is 0 Å². The molecule has 112 valence electrons. The van der Waals surface area contributed by atoms with Gasteiger partial charge >= 0.3 is 0 Å². The molecule has 0 N–H and O–H groups in total. The van der Waals surface area contributed by atoms with Gasteiger partial charge in [0.15, 0.2) is 0 Å². The molecule has 0 radical (unpaired) electrons. The molecule has 1 heterocycles. The molecule has 1 saturated heterocycles. The first-order valence-electron chi connectivity index (χ1n) is 8.14. The lowest BCUT2D eigenvalue weighted by atomic mass is 9.99. The highest BCUT2D eigenvalue weighted by Gasteiger charge is 2.25. The number of rotatable bonds is 3. The van der Waals surface area contributed by atoms with Crippen molar-refractivity contribution in [3.63, 3.8) is 0 Å². The molecule has 2 aliphatic rings. The van der Waals surface area contributed by atoms with E-state index >= 15 is 0 Å². The van der Waals surface area contributed by atoms with Crippen LogP contribution < -0.4 is 0 Å². The first-order valence-corrected chi connectivity index (χ1v) is 8.14. The predicted molar refractivity (Wildman–Crippen MR) is 81.8 cm³/mol. The normalized spacial score (nSPS) is 19.4. The van der Waals surface area contributed by atoms with Crippen LogP contribution in [0.25, 0.3) is 0 Å². The van der Waals surface area contributed by atoms with Crippen LogP contribution in [0.5, 0.6) is 0 Å². The van der Waals surface area contributed by atoms with Crippen molar-refractivity contribution >= 4 is 11.8 Å². The van der Waals surface area contributed by atoms with Crippen LogP contribution in [0.4, 0.5) is 0 Å². The Morgan fingerprint density at radius 1 is 1.10 bits per heavy atom. The standard InChI is InChI=1S/C18H23NO2/c20-17-8-2-1-5-11-19(17)18(21)10-9-14-12-15-6-3-4-7-16(15)13-14/h3-4,6-7,14H,1-2,5,8-13H2. The number of likely N-dealkylation sites (tertiary alicyclic amines) is 1. The fourth-order valence-electron chi connectivity index (χ4n) is 3.56. The monoisotopic (exact) mass is 285 g/mol. The second-order valence-corrected chi connectivity index (χ2v) is 6.33. The van der Waals surface area contributed by atoms with Gasteiger partial charge in [-0.2, -0.15) is 0 Å². The maximum absolute atomic E-state index is 12.3. The maximum Gasteiger partial charge on any atom is 0.229 e. The molecule has 3 heteroatoms. The van der Waals surface area contributed by atoms with Crippen molar-refractivity contribution in [3.8, 4) is 0 Å². The number of carbonyl (C=O) groups is 2. The Kier molecular flexibility index (Phi) is 4.37. The number of imide groups is 1. The highest BCUT2D eigenvalue weighted by Crippen LogP contribution is 2.29. The van der Waals surface area contributed by atoms with Gasteiger partial charge in [0, 0.05) is 19.4 Å². The fourth-order valence-corrected chi connectivity index (χ4v) is 3.56. The lowest BCUT2D eigenvalue weighted by molar-refractivity contribution is -0.144. The molecule has 1 aromatic carbocycles. The minimum atomic E-state index is 0.0345. The average molecular weight is 285 g/mol. The SMILES string of the molecule is O=C1CCCCCN1C(=O)CCC1Cc2ccccc2C1. The first-order chi connectivity index (χ1) is 10.2. The number of amides is 2. The van der Waals surface area contributed by atoms with E-state index in [1.54, 1.807) is 0 Å². The van der Waals surface area contributed by atoms with Gasteiger partial charge in [-0.15, -0.1) is 0 Å².